The molecule has 1 aromatic heterocycles. The van der Waals surface area contributed by atoms with Crippen LogP contribution in [0.2, 0.25) is 32.2 Å². The maximum absolute atomic E-state index is 14.8. The van der Waals surface area contributed by atoms with Crippen LogP contribution in [0.25, 0.3) is 10.4 Å². The fraction of sp³-hybridized carbons (Fsp3) is 0.773. The van der Waals surface area contributed by atoms with Gasteiger partial charge in [-0.05, 0) is 87.3 Å². The van der Waals surface area contributed by atoms with Gasteiger partial charge in [0.05, 0.1) is 128 Å². The Morgan fingerprint density at radius 1 is 0.766 bits per heavy atom. The van der Waals surface area contributed by atoms with Gasteiger partial charge in [-0.15, -0.1) is 0 Å². The summed E-state index contributed by atoms with van der Waals surface area (Å²) in [6.45, 7) is 30.0. The Morgan fingerprint density at radius 2 is 1.34 bits per heavy atom. The van der Waals surface area contributed by atoms with Crippen molar-refractivity contribution < 1.29 is 71.1 Å². The molecule has 10 atom stereocenters. The van der Waals surface area contributed by atoms with Gasteiger partial charge in [-0.3, -0.25) is 24.0 Å². The molecule has 2 aromatic rings. The molecule has 1 fully saturated rings. The molecule has 534 valence electrons. The van der Waals surface area contributed by atoms with Gasteiger partial charge in [-0.25, -0.2) is 9.97 Å². The number of likely N-dealkylation sites (tertiary alicyclic amines) is 1. The molecule has 0 saturated carbocycles. The monoisotopic (exact) mass is 1380 g/mol. The molecule has 0 radical (unpaired) electrons. The number of ether oxygens (including phenoxy) is 8. The second-order valence-corrected chi connectivity index (χ2v) is 36.4. The van der Waals surface area contributed by atoms with Crippen LogP contribution in [0, 0.1) is 23.7 Å². The Kier molecular flexibility index (Phi) is 40.0. The Balaban J connectivity index is 1.45. The Bertz CT molecular complexity index is 2550. The number of thioether (sulfide) groups is 1. The third-order valence-electron chi connectivity index (χ3n) is 16.9. The molecule has 1 aliphatic heterocycles. The second kappa shape index (κ2) is 45.0. The molecule has 1 aliphatic rings. The summed E-state index contributed by atoms with van der Waals surface area (Å²) in [6.07, 6.45) is 5.00. The van der Waals surface area contributed by atoms with E-state index in [4.69, 9.17) is 47.5 Å². The quantitative estimate of drug-likeness (QED) is 0.0106. The van der Waals surface area contributed by atoms with Gasteiger partial charge in [0.2, 0.25) is 29.5 Å². The van der Waals surface area contributed by atoms with Crippen LogP contribution in [-0.4, -0.2) is 238 Å². The van der Waals surface area contributed by atoms with Crippen LogP contribution in [-0.2, 0) is 72.6 Å². The highest BCUT2D eigenvalue weighted by Gasteiger charge is 2.44. The number of hydrogen-bond donors (Lipinski definition) is 3. The summed E-state index contributed by atoms with van der Waals surface area (Å²) in [5, 5.41) is 21.8. The number of carbonyl (C=O) groups is 5. The first-order valence-electron chi connectivity index (χ1n) is 33.6. The molecule has 28 heteroatoms. The Morgan fingerprint density at radius 3 is 1.87 bits per heavy atom. The van der Waals surface area contributed by atoms with Crippen LogP contribution in [0.5, 0.6) is 0 Å². The van der Waals surface area contributed by atoms with E-state index in [0.717, 1.165) is 29.8 Å². The van der Waals surface area contributed by atoms with E-state index in [1.165, 1.54) is 4.90 Å². The lowest BCUT2D eigenvalue weighted by atomic mass is 9.89. The average molecular weight is 1380 g/mol. The van der Waals surface area contributed by atoms with Crippen LogP contribution < -0.4 is 10.6 Å². The lowest BCUT2D eigenvalue weighted by Crippen LogP contribution is -2.60. The number of hydrogen-bond acceptors (Lipinski definition) is 19. The minimum Gasteiger partial charge on any atom is -0.455 e. The van der Waals surface area contributed by atoms with E-state index in [1.54, 1.807) is 76.1 Å². The van der Waals surface area contributed by atoms with E-state index < -0.39 is 77.0 Å². The van der Waals surface area contributed by atoms with Crippen molar-refractivity contribution >= 4 is 57.9 Å². The Hall–Kier alpha value is -4.66. The molecule has 25 nitrogen and oxygen atoms in total. The number of nitrogens with zero attached hydrogens (tertiary/aromatic N) is 8. The van der Waals surface area contributed by atoms with Gasteiger partial charge in [-0.2, -0.15) is 0 Å². The minimum atomic E-state index is -2.15. The zero-order valence-corrected chi connectivity index (χ0v) is 62.2. The lowest BCUT2D eigenvalue weighted by Gasteiger charge is -2.41. The van der Waals surface area contributed by atoms with Crippen LogP contribution in [0.3, 0.4) is 0 Å². The molecule has 0 unspecified atom stereocenters. The summed E-state index contributed by atoms with van der Waals surface area (Å²) < 4.78 is 52.1. The predicted octanol–water partition coefficient (Wildman–Crippen LogP) is 8.40. The number of methoxy groups -OCH3 is 2. The van der Waals surface area contributed by atoms with Crippen molar-refractivity contribution in [1.29, 1.82) is 0 Å². The summed E-state index contributed by atoms with van der Waals surface area (Å²) in [5.41, 5.74) is 9.79. The fourth-order valence-corrected chi connectivity index (χ4v) is 22.2. The molecular formula is C66H116N10O15SSi2. The van der Waals surface area contributed by atoms with Crippen molar-refractivity contribution in [3.05, 3.63) is 64.3 Å². The molecule has 5 amide bonds. The van der Waals surface area contributed by atoms with Crippen molar-refractivity contribution in [2.24, 2.45) is 28.8 Å². The molecule has 1 aromatic carbocycles. The molecule has 2 heterocycles. The topological polar surface area (TPSA) is 297 Å². The second-order valence-electron chi connectivity index (χ2n) is 26.2. The first-order chi connectivity index (χ1) is 44.7. The van der Waals surface area contributed by atoms with Crippen molar-refractivity contribution in [1.82, 2.24) is 35.3 Å². The van der Waals surface area contributed by atoms with E-state index >= 15 is 0 Å². The zero-order valence-electron chi connectivity index (χ0n) is 59.4. The Labute approximate surface area is 567 Å². The highest BCUT2D eigenvalue weighted by atomic mass is 32.2. The third kappa shape index (κ3) is 30.0. The molecule has 3 rings (SSSR count). The number of aliphatic hydroxyl groups is 1. The first kappa shape index (κ1) is 83.6. The van der Waals surface area contributed by atoms with Gasteiger partial charge in [-0.1, -0.05) is 109 Å². The predicted molar refractivity (Wildman–Crippen MR) is 369 cm³/mol. The minimum absolute atomic E-state index is 0.0343. The average Bonchev–Trinajstić information content (AvgIpc) is 1.39. The number of benzene rings is 1. The van der Waals surface area contributed by atoms with Gasteiger partial charge in [0.25, 0.3) is 0 Å². The van der Waals surface area contributed by atoms with Crippen molar-refractivity contribution in [3.8, 4) is 0 Å². The number of aliphatic hydroxyl groups excluding tert-OH is 1. The maximum Gasteiger partial charge on any atom is 0.245 e. The van der Waals surface area contributed by atoms with Crippen LogP contribution in [0.1, 0.15) is 118 Å². The van der Waals surface area contributed by atoms with E-state index in [0.29, 0.717) is 122 Å². The number of likely N-dealkylation sites (N-methyl/N-ethyl adjacent to an activating group) is 2. The van der Waals surface area contributed by atoms with Gasteiger partial charge in [0.15, 0.2) is 21.8 Å². The van der Waals surface area contributed by atoms with Gasteiger partial charge in [0, 0.05) is 76.1 Å². The van der Waals surface area contributed by atoms with Crippen LogP contribution >= 0.6 is 11.8 Å². The molecule has 0 bridgehead atoms. The number of carbonyl (C=O) groups excluding carboxylic acids is 5. The smallest absolute Gasteiger partial charge is 0.245 e. The van der Waals surface area contributed by atoms with Gasteiger partial charge < -0.3 is 72.4 Å². The van der Waals surface area contributed by atoms with Gasteiger partial charge in [0.1, 0.15) is 12.1 Å². The number of azide groups is 1. The third-order valence-corrected chi connectivity index (χ3v) is 26.7. The molecule has 3 N–H and O–H groups in total. The van der Waals surface area contributed by atoms with Crippen molar-refractivity contribution in [2.45, 2.75) is 193 Å². The van der Waals surface area contributed by atoms with E-state index in [-0.39, 0.29) is 54.2 Å². The largest absolute Gasteiger partial charge is 0.455 e. The number of aromatic nitrogens is 2. The van der Waals surface area contributed by atoms with Crippen LogP contribution in [0.15, 0.2) is 53.0 Å². The van der Waals surface area contributed by atoms with E-state index in [1.807, 2.05) is 71.9 Å². The van der Waals surface area contributed by atoms with Crippen molar-refractivity contribution in [2.75, 3.05) is 119 Å². The van der Waals surface area contributed by atoms with Crippen LogP contribution in [0.4, 0.5) is 0 Å². The highest BCUT2D eigenvalue weighted by molar-refractivity contribution is 8.00. The van der Waals surface area contributed by atoms with E-state index in [2.05, 4.69) is 56.8 Å². The fourth-order valence-electron chi connectivity index (χ4n) is 11.7. The first-order valence-corrected chi connectivity index (χ1v) is 40.8. The summed E-state index contributed by atoms with van der Waals surface area (Å²) in [7, 11) is 2.17. The van der Waals surface area contributed by atoms with Crippen molar-refractivity contribution in [3.63, 3.8) is 0 Å². The molecular weight excluding hydrogens is 1260 g/mol. The lowest BCUT2D eigenvalue weighted by molar-refractivity contribution is -0.148. The summed E-state index contributed by atoms with van der Waals surface area (Å²) in [6, 6.07) is 6.72. The standard InChI is InChI=1S/C66H116N10O15SSi2/c1-17-49(6)60(55(83-11)42-57(78)76-29-23-26-54(76)62(84-12)50(7)63(80)71-51(8)61(79)53-24-19-18-20-25-53)75(10)65(82)58(47(2)3)72-64(81)59(48(4)5)74(9)56(77)27-21-22-41-93(13,14)91-94(15,16)46-92-66-68-43-52(44-69-66)45-90-40-39-89-38-37-88-36-35-87-34-33-86-32-31-85-30-28-70-73-67/h18-20,24-25,43-44,47-51,54-55,58-62,79H,17,21-23,26-42,45-46H2,1-16H3,(H,71,80)(H,72,81)/t49-,50+,51+,54-,55+,58-,59-,60-,61+,62+/m1/s1. The summed E-state index contributed by atoms with van der Waals surface area (Å²) in [5.74, 6) is -2.72. The van der Waals surface area contributed by atoms with Gasteiger partial charge >= 0.3 is 0 Å². The highest BCUT2D eigenvalue weighted by Crippen LogP contribution is 2.31. The maximum atomic E-state index is 14.8. The number of unbranched alkanes of at least 4 members (excludes halogenated alkanes) is 1. The van der Waals surface area contributed by atoms with E-state index in [9.17, 15) is 29.1 Å². The molecule has 0 aliphatic carbocycles. The normalized spacial score (nSPS) is 16.5. The zero-order chi connectivity index (χ0) is 69.8. The number of amides is 5. The summed E-state index contributed by atoms with van der Waals surface area (Å²) in [4.78, 5) is 88.1. The summed E-state index contributed by atoms with van der Waals surface area (Å²) >= 11 is 1.59. The molecule has 94 heavy (non-hydrogen) atoms. The number of nitrogens with one attached hydrogen (secondary N) is 2. The molecule has 1 saturated heterocycles. The molecule has 0 spiro atoms. The number of rotatable bonds is 50. The SMILES string of the molecule is CC[C@@H](C)[C@H]([C@H](CC(=O)N1CCC[C@@H]1[C@@H](OC)[C@H](C)C(=O)N[C@@H](C)[C@H](O)c1ccccc1)OC)N(C)C(=O)[C@H](NC(=O)[C@@H](C(C)C)N(C)C(=O)CCCC[Si](C)(C)O[Si](C)(C)CSc1ncc(COCCOCCOCCOCCOCCOCCN=[N+]=[N-])cn1)C(C)C.